The third-order valence-corrected chi connectivity index (χ3v) is 2.52. The highest BCUT2D eigenvalue weighted by molar-refractivity contribution is 8.14. The molecule has 0 radical (unpaired) electrons. The summed E-state index contributed by atoms with van der Waals surface area (Å²) in [5.41, 5.74) is 0. The van der Waals surface area contributed by atoms with Crippen molar-refractivity contribution < 1.29 is 0 Å². The number of thioether (sulfide) groups is 1. The van der Waals surface area contributed by atoms with Crippen molar-refractivity contribution in [2.75, 3.05) is 25.9 Å². The topological polar surface area (TPSA) is 15.6 Å². The summed E-state index contributed by atoms with van der Waals surface area (Å²) in [6.45, 7) is 4.44. The van der Waals surface area contributed by atoms with E-state index in [2.05, 4.69) is 16.8 Å². The van der Waals surface area contributed by atoms with Crippen molar-refractivity contribution in [3.05, 3.63) is 0 Å². The minimum atomic E-state index is 1.10. The summed E-state index contributed by atoms with van der Waals surface area (Å²) < 4.78 is 0. The minimum absolute atomic E-state index is 1.10. The van der Waals surface area contributed by atoms with Gasteiger partial charge in [0.15, 0.2) is 5.17 Å². The van der Waals surface area contributed by atoms with E-state index in [4.69, 9.17) is 0 Å². The molecule has 0 aliphatic carbocycles. The summed E-state index contributed by atoms with van der Waals surface area (Å²) in [5, 5.41) is 1.21. The Kier molecular flexibility index (Phi) is 2.39. The summed E-state index contributed by atoms with van der Waals surface area (Å²) in [4.78, 5) is 6.44. The maximum absolute atomic E-state index is 4.15. The Bertz CT molecular complexity index is 122. The average Bonchev–Trinajstić information content (AvgIpc) is 2.33. The van der Waals surface area contributed by atoms with Crippen LogP contribution in [0.15, 0.2) is 4.99 Å². The van der Waals surface area contributed by atoms with Crippen LogP contribution in [0.3, 0.4) is 0 Å². The number of aliphatic imine (C=N–C) groups is 1. The third-order valence-electron chi connectivity index (χ3n) is 1.44. The summed E-state index contributed by atoms with van der Waals surface area (Å²) in [6, 6.07) is 0. The predicted octanol–water partition coefficient (Wildman–Crippen LogP) is 1.04. The zero-order chi connectivity index (χ0) is 6.69. The quantitative estimate of drug-likeness (QED) is 0.546. The molecule has 9 heavy (non-hydrogen) atoms. The number of amidine groups is 1. The summed E-state index contributed by atoms with van der Waals surface area (Å²) in [5.74, 6) is 1.21. The molecule has 0 aromatic carbocycles. The lowest BCUT2D eigenvalue weighted by Crippen LogP contribution is -2.23. The second kappa shape index (κ2) is 3.11. The van der Waals surface area contributed by atoms with Gasteiger partial charge in [0.1, 0.15) is 0 Å². The molecule has 1 saturated heterocycles. The Labute approximate surface area is 60.3 Å². The monoisotopic (exact) mass is 144 g/mol. The van der Waals surface area contributed by atoms with Gasteiger partial charge >= 0.3 is 0 Å². The lowest BCUT2D eigenvalue weighted by Gasteiger charge is -2.13. The van der Waals surface area contributed by atoms with Crippen LogP contribution in [0, 0.1) is 0 Å². The van der Waals surface area contributed by atoms with Crippen molar-refractivity contribution in [1.82, 2.24) is 4.90 Å². The first-order valence-electron chi connectivity index (χ1n) is 3.23. The fraction of sp³-hybridized carbons (Fsp3) is 0.833. The van der Waals surface area contributed by atoms with Crippen LogP contribution < -0.4 is 0 Å². The van der Waals surface area contributed by atoms with E-state index in [1.165, 1.54) is 17.5 Å². The van der Waals surface area contributed by atoms with E-state index >= 15 is 0 Å². The minimum Gasteiger partial charge on any atom is -0.351 e. The van der Waals surface area contributed by atoms with E-state index < -0.39 is 0 Å². The summed E-state index contributed by atoms with van der Waals surface area (Å²) >= 11 is 1.85. The van der Waals surface area contributed by atoms with Gasteiger partial charge in [-0.3, -0.25) is 4.99 Å². The standard InChI is InChI=1S/C6H12N2S/c1-3-8-4-5-9-6(8)7-2/h3-5H2,1-2H3. The molecule has 0 amide bonds. The Morgan fingerprint density at radius 2 is 2.56 bits per heavy atom. The van der Waals surface area contributed by atoms with Gasteiger partial charge in [0.05, 0.1) is 0 Å². The smallest absolute Gasteiger partial charge is 0.158 e. The first-order valence-corrected chi connectivity index (χ1v) is 4.21. The van der Waals surface area contributed by atoms with E-state index in [1.54, 1.807) is 0 Å². The number of nitrogens with zero attached hydrogens (tertiary/aromatic N) is 2. The molecule has 52 valence electrons. The molecular weight excluding hydrogens is 132 g/mol. The second-order valence-electron chi connectivity index (χ2n) is 1.93. The van der Waals surface area contributed by atoms with E-state index in [0.29, 0.717) is 0 Å². The van der Waals surface area contributed by atoms with Crippen LogP contribution in [-0.4, -0.2) is 36.0 Å². The van der Waals surface area contributed by atoms with E-state index in [-0.39, 0.29) is 0 Å². The summed E-state index contributed by atoms with van der Waals surface area (Å²) in [6.07, 6.45) is 0. The molecule has 2 nitrogen and oxygen atoms in total. The fourth-order valence-electron chi connectivity index (χ4n) is 0.933. The van der Waals surface area contributed by atoms with E-state index in [1.807, 2.05) is 18.8 Å². The molecule has 0 N–H and O–H groups in total. The summed E-state index contributed by atoms with van der Waals surface area (Å²) in [7, 11) is 1.86. The van der Waals surface area contributed by atoms with Crippen LogP contribution in [0.4, 0.5) is 0 Å². The van der Waals surface area contributed by atoms with Crippen LogP contribution in [-0.2, 0) is 0 Å². The largest absolute Gasteiger partial charge is 0.351 e. The fourth-order valence-corrected chi connectivity index (χ4v) is 1.96. The van der Waals surface area contributed by atoms with E-state index in [0.717, 1.165) is 6.54 Å². The van der Waals surface area contributed by atoms with Crippen LogP contribution >= 0.6 is 11.8 Å². The Balaban J connectivity index is 2.52. The molecule has 0 aromatic heterocycles. The molecule has 1 aliphatic rings. The lowest BCUT2D eigenvalue weighted by molar-refractivity contribution is 0.488. The molecule has 0 saturated carbocycles. The first kappa shape index (κ1) is 6.93. The molecule has 0 unspecified atom stereocenters. The molecule has 0 aromatic rings. The molecule has 1 rings (SSSR count). The van der Waals surface area contributed by atoms with Crippen LogP contribution in [0.25, 0.3) is 0 Å². The highest BCUT2D eigenvalue weighted by Crippen LogP contribution is 2.16. The van der Waals surface area contributed by atoms with Crippen LogP contribution in [0.1, 0.15) is 6.92 Å². The lowest BCUT2D eigenvalue weighted by atomic mass is 10.6. The van der Waals surface area contributed by atoms with Crippen LogP contribution in [0.5, 0.6) is 0 Å². The maximum atomic E-state index is 4.15. The SMILES string of the molecule is CCN1CCSC1=NC. The van der Waals surface area contributed by atoms with Crippen molar-refractivity contribution in [1.29, 1.82) is 0 Å². The highest BCUT2D eigenvalue weighted by Gasteiger charge is 2.15. The van der Waals surface area contributed by atoms with Gasteiger partial charge in [-0.2, -0.15) is 0 Å². The van der Waals surface area contributed by atoms with Gasteiger partial charge in [-0.25, -0.2) is 0 Å². The van der Waals surface area contributed by atoms with Gasteiger partial charge in [-0.1, -0.05) is 11.8 Å². The van der Waals surface area contributed by atoms with Gasteiger partial charge in [0, 0.05) is 25.9 Å². The molecule has 0 atom stereocenters. The molecule has 0 bridgehead atoms. The number of hydrogen-bond acceptors (Lipinski definition) is 2. The van der Waals surface area contributed by atoms with Crippen LogP contribution in [0.2, 0.25) is 0 Å². The van der Waals surface area contributed by atoms with Gasteiger partial charge < -0.3 is 4.90 Å². The van der Waals surface area contributed by atoms with Gasteiger partial charge in [0.2, 0.25) is 0 Å². The second-order valence-corrected chi connectivity index (χ2v) is 3.00. The van der Waals surface area contributed by atoms with Crippen molar-refractivity contribution in [3.63, 3.8) is 0 Å². The molecule has 1 heterocycles. The van der Waals surface area contributed by atoms with Gasteiger partial charge in [-0.15, -0.1) is 0 Å². The van der Waals surface area contributed by atoms with Gasteiger partial charge in [-0.05, 0) is 6.92 Å². The zero-order valence-electron chi connectivity index (χ0n) is 5.92. The third kappa shape index (κ3) is 1.39. The molecular formula is C6H12N2S. The zero-order valence-corrected chi connectivity index (χ0v) is 6.74. The Morgan fingerprint density at radius 1 is 1.78 bits per heavy atom. The normalized spacial score (nSPS) is 23.8. The number of hydrogen-bond donors (Lipinski definition) is 0. The maximum Gasteiger partial charge on any atom is 0.158 e. The van der Waals surface area contributed by atoms with E-state index in [9.17, 15) is 0 Å². The van der Waals surface area contributed by atoms with Crippen molar-refractivity contribution >= 4 is 16.9 Å². The Morgan fingerprint density at radius 3 is 3.00 bits per heavy atom. The molecule has 3 heteroatoms. The molecule has 1 aliphatic heterocycles. The average molecular weight is 144 g/mol. The predicted molar refractivity (Wildman–Crippen MR) is 43.1 cm³/mol. The molecule has 0 spiro atoms. The van der Waals surface area contributed by atoms with Crippen molar-refractivity contribution in [2.24, 2.45) is 4.99 Å². The molecule has 1 fully saturated rings. The van der Waals surface area contributed by atoms with Crippen molar-refractivity contribution in [2.45, 2.75) is 6.92 Å². The van der Waals surface area contributed by atoms with Crippen molar-refractivity contribution in [3.8, 4) is 0 Å². The first-order chi connectivity index (χ1) is 4.38. The Hall–Kier alpha value is -0.180. The number of rotatable bonds is 1. The highest BCUT2D eigenvalue weighted by atomic mass is 32.2. The van der Waals surface area contributed by atoms with Gasteiger partial charge in [0.25, 0.3) is 0 Å².